The largest absolute Gasteiger partial charge is 0.464 e. The zero-order chi connectivity index (χ0) is 9.80. The molecule has 2 heterocycles. The van der Waals surface area contributed by atoms with Gasteiger partial charge < -0.3 is 15.1 Å². The van der Waals surface area contributed by atoms with Crippen molar-refractivity contribution in [1.82, 2.24) is 10.6 Å². The van der Waals surface area contributed by atoms with E-state index in [1.54, 1.807) is 0 Å². The normalized spacial score (nSPS) is 22.5. The van der Waals surface area contributed by atoms with Crippen LogP contribution in [0.15, 0.2) is 16.5 Å². The molecule has 0 spiro atoms. The topological polar surface area (TPSA) is 37.2 Å². The van der Waals surface area contributed by atoms with E-state index < -0.39 is 0 Å². The number of hydrogen-bond donors (Lipinski definition) is 2. The van der Waals surface area contributed by atoms with Gasteiger partial charge in [0.1, 0.15) is 11.5 Å². The highest BCUT2D eigenvalue weighted by Crippen LogP contribution is 2.18. The Labute approximate surface area is 84.9 Å². The lowest BCUT2D eigenvalue weighted by atomic mass is 10.2. The van der Waals surface area contributed by atoms with E-state index in [2.05, 4.69) is 29.7 Å². The average molecular weight is 194 g/mol. The number of piperazine rings is 1. The third kappa shape index (κ3) is 2.16. The van der Waals surface area contributed by atoms with Crippen LogP contribution in [-0.2, 0) is 6.42 Å². The van der Waals surface area contributed by atoms with Gasteiger partial charge in [-0.15, -0.1) is 0 Å². The van der Waals surface area contributed by atoms with Gasteiger partial charge in [-0.3, -0.25) is 0 Å². The van der Waals surface area contributed by atoms with Crippen molar-refractivity contribution in [3.63, 3.8) is 0 Å². The second-order valence-electron chi connectivity index (χ2n) is 3.76. The summed E-state index contributed by atoms with van der Waals surface area (Å²) in [6.07, 6.45) is 2.18. The van der Waals surface area contributed by atoms with Crippen molar-refractivity contribution < 1.29 is 4.42 Å². The lowest BCUT2D eigenvalue weighted by molar-refractivity contribution is 0.351. The van der Waals surface area contributed by atoms with Gasteiger partial charge in [0.15, 0.2) is 0 Å². The maximum absolute atomic E-state index is 5.76. The van der Waals surface area contributed by atoms with Crippen molar-refractivity contribution >= 4 is 0 Å². The zero-order valence-corrected chi connectivity index (χ0v) is 8.68. The Morgan fingerprint density at radius 1 is 1.43 bits per heavy atom. The van der Waals surface area contributed by atoms with Crippen LogP contribution in [0.1, 0.15) is 30.9 Å². The lowest BCUT2D eigenvalue weighted by Gasteiger charge is -2.22. The molecule has 0 aliphatic carbocycles. The first-order valence-corrected chi connectivity index (χ1v) is 5.43. The standard InChI is InChI=1S/C11H18N2O/c1-2-3-9-4-5-11(14-9)10-8-12-6-7-13-10/h4-5,10,12-13H,2-3,6-8H2,1H3/t10-/m1/s1. The van der Waals surface area contributed by atoms with Crippen LogP contribution in [-0.4, -0.2) is 19.6 Å². The van der Waals surface area contributed by atoms with Gasteiger partial charge in [-0.25, -0.2) is 0 Å². The van der Waals surface area contributed by atoms with Gasteiger partial charge in [0.2, 0.25) is 0 Å². The first kappa shape index (κ1) is 9.74. The van der Waals surface area contributed by atoms with Gasteiger partial charge >= 0.3 is 0 Å². The molecule has 1 aliphatic rings. The Hall–Kier alpha value is -0.800. The molecule has 0 bridgehead atoms. The van der Waals surface area contributed by atoms with Gasteiger partial charge in [0, 0.05) is 26.1 Å². The molecular formula is C11H18N2O. The number of rotatable bonds is 3. The van der Waals surface area contributed by atoms with Crippen molar-refractivity contribution in [1.29, 1.82) is 0 Å². The van der Waals surface area contributed by atoms with Crippen molar-refractivity contribution in [3.8, 4) is 0 Å². The summed E-state index contributed by atoms with van der Waals surface area (Å²) in [6, 6.07) is 4.54. The molecule has 1 aliphatic heterocycles. The fourth-order valence-corrected chi connectivity index (χ4v) is 1.82. The quantitative estimate of drug-likeness (QED) is 0.765. The lowest BCUT2D eigenvalue weighted by Crippen LogP contribution is -2.42. The van der Waals surface area contributed by atoms with E-state index in [1.165, 1.54) is 0 Å². The molecule has 1 atom stereocenters. The molecule has 0 saturated carbocycles. The van der Waals surface area contributed by atoms with Crippen LogP contribution < -0.4 is 10.6 Å². The summed E-state index contributed by atoms with van der Waals surface area (Å²) in [6.45, 7) is 5.22. The molecule has 78 valence electrons. The molecular weight excluding hydrogens is 176 g/mol. The summed E-state index contributed by atoms with van der Waals surface area (Å²) in [5.41, 5.74) is 0. The number of nitrogens with one attached hydrogen (secondary N) is 2. The fourth-order valence-electron chi connectivity index (χ4n) is 1.82. The maximum atomic E-state index is 5.76. The Bertz CT molecular complexity index is 277. The minimum absolute atomic E-state index is 0.356. The van der Waals surface area contributed by atoms with E-state index in [0.29, 0.717) is 6.04 Å². The molecule has 0 unspecified atom stereocenters. The van der Waals surface area contributed by atoms with Gasteiger partial charge in [0.05, 0.1) is 6.04 Å². The highest BCUT2D eigenvalue weighted by Gasteiger charge is 2.17. The predicted molar refractivity (Wildman–Crippen MR) is 56.3 cm³/mol. The van der Waals surface area contributed by atoms with E-state index in [0.717, 1.165) is 44.0 Å². The first-order valence-electron chi connectivity index (χ1n) is 5.43. The third-order valence-corrected chi connectivity index (χ3v) is 2.56. The van der Waals surface area contributed by atoms with Crippen LogP contribution in [0.3, 0.4) is 0 Å². The summed E-state index contributed by atoms with van der Waals surface area (Å²) in [7, 11) is 0. The van der Waals surface area contributed by atoms with Crippen LogP contribution in [0.4, 0.5) is 0 Å². The highest BCUT2D eigenvalue weighted by atomic mass is 16.3. The third-order valence-electron chi connectivity index (χ3n) is 2.56. The van der Waals surface area contributed by atoms with Crippen LogP contribution in [0.2, 0.25) is 0 Å². The molecule has 3 nitrogen and oxygen atoms in total. The van der Waals surface area contributed by atoms with Gasteiger partial charge in [-0.05, 0) is 18.6 Å². The fraction of sp³-hybridized carbons (Fsp3) is 0.636. The van der Waals surface area contributed by atoms with Crippen LogP contribution in [0, 0.1) is 0 Å². The minimum atomic E-state index is 0.356. The molecule has 3 heteroatoms. The molecule has 1 aromatic heterocycles. The van der Waals surface area contributed by atoms with Crippen molar-refractivity contribution in [2.24, 2.45) is 0 Å². The summed E-state index contributed by atoms with van der Waals surface area (Å²) in [4.78, 5) is 0. The smallest absolute Gasteiger partial charge is 0.122 e. The molecule has 0 amide bonds. The summed E-state index contributed by atoms with van der Waals surface area (Å²) in [5.74, 6) is 2.18. The van der Waals surface area contributed by atoms with Crippen molar-refractivity contribution in [3.05, 3.63) is 23.7 Å². The van der Waals surface area contributed by atoms with Crippen LogP contribution in [0.5, 0.6) is 0 Å². The Morgan fingerprint density at radius 2 is 2.36 bits per heavy atom. The van der Waals surface area contributed by atoms with E-state index in [9.17, 15) is 0 Å². The summed E-state index contributed by atoms with van der Waals surface area (Å²) in [5, 5.41) is 6.79. The van der Waals surface area contributed by atoms with Crippen molar-refractivity contribution in [2.45, 2.75) is 25.8 Å². The molecule has 1 fully saturated rings. The highest BCUT2D eigenvalue weighted by molar-refractivity contribution is 5.12. The molecule has 0 radical (unpaired) electrons. The first-order chi connectivity index (χ1) is 6.90. The zero-order valence-electron chi connectivity index (χ0n) is 8.68. The van der Waals surface area contributed by atoms with Gasteiger partial charge in [0.25, 0.3) is 0 Å². The van der Waals surface area contributed by atoms with E-state index >= 15 is 0 Å². The van der Waals surface area contributed by atoms with E-state index in [4.69, 9.17) is 4.42 Å². The molecule has 1 saturated heterocycles. The monoisotopic (exact) mass is 194 g/mol. The Morgan fingerprint density at radius 3 is 3.07 bits per heavy atom. The second kappa shape index (κ2) is 4.62. The number of hydrogen-bond acceptors (Lipinski definition) is 3. The molecule has 2 rings (SSSR count). The maximum Gasteiger partial charge on any atom is 0.122 e. The molecule has 2 N–H and O–H groups in total. The minimum Gasteiger partial charge on any atom is -0.464 e. The van der Waals surface area contributed by atoms with Crippen molar-refractivity contribution in [2.75, 3.05) is 19.6 Å². The SMILES string of the molecule is CCCc1ccc([C@H]2CNCCN2)o1. The molecule has 0 aromatic carbocycles. The van der Waals surface area contributed by atoms with Crippen LogP contribution >= 0.6 is 0 Å². The van der Waals surface area contributed by atoms with E-state index in [-0.39, 0.29) is 0 Å². The van der Waals surface area contributed by atoms with Gasteiger partial charge in [-0.2, -0.15) is 0 Å². The molecule has 14 heavy (non-hydrogen) atoms. The second-order valence-corrected chi connectivity index (χ2v) is 3.76. The number of furan rings is 1. The summed E-state index contributed by atoms with van der Waals surface area (Å²) < 4.78 is 5.76. The predicted octanol–water partition coefficient (Wildman–Crippen LogP) is 1.47. The van der Waals surface area contributed by atoms with E-state index in [1.807, 2.05) is 0 Å². The summed E-state index contributed by atoms with van der Waals surface area (Å²) >= 11 is 0. The van der Waals surface area contributed by atoms with Gasteiger partial charge in [-0.1, -0.05) is 6.92 Å². The number of aryl methyl sites for hydroxylation is 1. The Kier molecular flexibility index (Phi) is 3.22. The van der Waals surface area contributed by atoms with Crippen LogP contribution in [0.25, 0.3) is 0 Å². The molecule has 1 aromatic rings. The average Bonchev–Trinajstić information content (AvgIpc) is 2.68. The Balaban J connectivity index is 2.00.